The third kappa shape index (κ3) is 4.65. The van der Waals surface area contributed by atoms with Gasteiger partial charge in [0, 0.05) is 18.3 Å². The molecule has 5 heteroatoms. The van der Waals surface area contributed by atoms with Crippen LogP contribution in [0, 0.1) is 0 Å². The number of para-hydroxylation sites is 1. The average Bonchev–Trinajstić information content (AvgIpc) is 3.59. The molecule has 0 bridgehead atoms. The van der Waals surface area contributed by atoms with Crippen LogP contribution in [0.3, 0.4) is 0 Å². The van der Waals surface area contributed by atoms with Crippen LogP contribution in [0.15, 0.2) is 54.6 Å². The van der Waals surface area contributed by atoms with E-state index in [-0.39, 0.29) is 0 Å². The molecule has 2 aromatic rings. The number of carbonyl (C=O) groups is 1. The fraction of sp³-hybridized carbons (Fsp3) is 0.435. The standard InChI is InChI=1S/C23H29N3O2/c1-28-22-11-7-19(8-12-22)17-26(21-9-10-21)23(27)18-24-13-15-25(16-14-24)20-5-3-2-4-6-20/h2-8,11-12,21H,9-10,13-18H2,1H3/p+1. The van der Waals surface area contributed by atoms with E-state index in [0.29, 0.717) is 25.0 Å². The lowest BCUT2D eigenvalue weighted by atomic mass is 10.2. The van der Waals surface area contributed by atoms with Gasteiger partial charge in [0.2, 0.25) is 0 Å². The highest BCUT2D eigenvalue weighted by Gasteiger charge is 2.34. The molecule has 0 radical (unpaired) electrons. The highest BCUT2D eigenvalue weighted by atomic mass is 16.5. The molecule has 2 aromatic carbocycles. The lowest BCUT2D eigenvalue weighted by Crippen LogP contribution is -3.15. The number of carbonyl (C=O) groups excluding carboxylic acids is 1. The van der Waals surface area contributed by atoms with Gasteiger partial charge in [-0.1, -0.05) is 30.3 Å². The Morgan fingerprint density at radius 2 is 1.75 bits per heavy atom. The Labute approximate surface area is 167 Å². The second kappa shape index (κ2) is 8.65. The minimum absolute atomic E-state index is 0.293. The molecular weight excluding hydrogens is 350 g/mol. The van der Waals surface area contributed by atoms with Gasteiger partial charge in [0.25, 0.3) is 5.91 Å². The van der Waals surface area contributed by atoms with E-state index in [2.05, 4.69) is 52.3 Å². The molecule has 1 amide bonds. The van der Waals surface area contributed by atoms with E-state index in [1.807, 2.05) is 12.1 Å². The van der Waals surface area contributed by atoms with Crippen molar-refractivity contribution < 1.29 is 14.4 Å². The number of methoxy groups -OCH3 is 1. The zero-order valence-electron chi connectivity index (χ0n) is 16.6. The highest BCUT2D eigenvalue weighted by Crippen LogP contribution is 2.28. The van der Waals surface area contributed by atoms with Crippen molar-refractivity contribution in [2.24, 2.45) is 0 Å². The Kier molecular flexibility index (Phi) is 5.81. The van der Waals surface area contributed by atoms with E-state index in [1.54, 1.807) is 7.11 Å². The Morgan fingerprint density at radius 1 is 1.07 bits per heavy atom. The van der Waals surface area contributed by atoms with Crippen molar-refractivity contribution in [2.75, 3.05) is 44.7 Å². The molecule has 1 saturated heterocycles. The van der Waals surface area contributed by atoms with Crippen LogP contribution in [-0.2, 0) is 11.3 Å². The highest BCUT2D eigenvalue weighted by molar-refractivity contribution is 5.77. The second-order valence-electron chi connectivity index (χ2n) is 7.85. The van der Waals surface area contributed by atoms with E-state index in [9.17, 15) is 4.79 Å². The van der Waals surface area contributed by atoms with Gasteiger partial charge in [-0.25, -0.2) is 0 Å². The van der Waals surface area contributed by atoms with Gasteiger partial charge in [0.15, 0.2) is 6.54 Å². The largest absolute Gasteiger partial charge is 0.497 e. The normalized spacial score (nSPS) is 17.4. The van der Waals surface area contributed by atoms with Gasteiger partial charge < -0.3 is 19.4 Å². The van der Waals surface area contributed by atoms with Gasteiger partial charge in [-0.15, -0.1) is 0 Å². The molecule has 148 valence electrons. The summed E-state index contributed by atoms with van der Waals surface area (Å²) < 4.78 is 5.23. The van der Waals surface area contributed by atoms with E-state index in [0.717, 1.165) is 44.8 Å². The summed E-state index contributed by atoms with van der Waals surface area (Å²) in [5, 5.41) is 0. The average molecular weight is 381 g/mol. The van der Waals surface area contributed by atoms with Crippen molar-refractivity contribution >= 4 is 11.6 Å². The summed E-state index contributed by atoms with van der Waals surface area (Å²) in [7, 11) is 1.68. The first kappa shape index (κ1) is 18.8. The molecule has 28 heavy (non-hydrogen) atoms. The van der Waals surface area contributed by atoms with Gasteiger partial charge >= 0.3 is 0 Å². The molecule has 0 aromatic heterocycles. The molecule has 5 nitrogen and oxygen atoms in total. The van der Waals surface area contributed by atoms with Crippen molar-refractivity contribution in [1.82, 2.24) is 4.90 Å². The fourth-order valence-corrected chi connectivity index (χ4v) is 3.95. The van der Waals surface area contributed by atoms with Gasteiger partial charge in [-0.2, -0.15) is 0 Å². The number of nitrogens with one attached hydrogen (secondary N) is 1. The number of rotatable bonds is 7. The molecule has 0 spiro atoms. The van der Waals surface area contributed by atoms with Gasteiger partial charge in [-0.3, -0.25) is 4.79 Å². The number of hydrogen-bond donors (Lipinski definition) is 1. The summed E-state index contributed by atoms with van der Waals surface area (Å²) in [6.45, 7) is 5.36. The van der Waals surface area contributed by atoms with Gasteiger partial charge in [0.1, 0.15) is 5.75 Å². The number of piperazine rings is 1. The molecule has 2 aliphatic rings. The maximum Gasteiger partial charge on any atom is 0.278 e. The maximum absolute atomic E-state index is 13.0. The zero-order valence-corrected chi connectivity index (χ0v) is 16.6. The molecule has 1 aliphatic heterocycles. The lowest BCUT2D eigenvalue weighted by Gasteiger charge is -2.34. The third-order valence-electron chi connectivity index (χ3n) is 5.81. The number of ether oxygens (including phenoxy) is 1. The van der Waals surface area contributed by atoms with Crippen LogP contribution >= 0.6 is 0 Å². The SMILES string of the molecule is COc1ccc(CN(C(=O)C[NH+]2CCN(c3ccccc3)CC2)C2CC2)cc1. The molecule has 2 fully saturated rings. The van der Waals surface area contributed by atoms with Crippen molar-refractivity contribution in [3.63, 3.8) is 0 Å². The zero-order chi connectivity index (χ0) is 19.3. The fourth-order valence-electron chi connectivity index (χ4n) is 3.95. The maximum atomic E-state index is 13.0. The number of nitrogens with zero attached hydrogens (tertiary/aromatic N) is 2. The summed E-state index contributed by atoms with van der Waals surface area (Å²) in [6, 6.07) is 19.1. The Balaban J connectivity index is 1.31. The summed E-state index contributed by atoms with van der Waals surface area (Å²) in [6.07, 6.45) is 2.28. The van der Waals surface area contributed by atoms with E-state index < -0.39 is 0 Å². The summed E-state index contributed by atoms with van der Waals surface area (Å²) >= 11 is 0. The number of quaternary nitrogens is 1. The lowest BCUT2D eigenvalue weighted by molar-refractivity contribution is -0.892. The van der Waals surface area contributed by atoms with E-state index in [1.165, 1.54) is 16.2 Å². The summed E-state index contributed by atoms with van der Waals surface area (Å²) in [4.78, 5) is 19.0. The topological polar surface area (TPSA) is 37.2 Å². The number of anilines is 1. The summed E-state index contributed by atoms with van der Waals surface area (Å²) in [5.74, 6) is 1.15. The van der Waals surface area contributed by atoms with Crippen molar-refractivity contribution in [2.45, 2.75) is 25.4 Å². The Bertz CT molecular complexity index is 766. The predicted octanol–water partition coefficient (Wildman–Crippen LogP) is 1.59. The van der Waals surface area contributed by atoms with Crippen LogP contribution in [0.4, 0.5) is 5.69 Å². The van der Waals surface area contributed by atoms with E-state index >= 15 is 0 Å². The second-order valence-corrected chi connectivity index (χ2v) is 7.85. The first-order chi connectivity index (χ1) is 13.7. The summed E-state index contributed by atoms with van der Waals surface area (Å²) in [5.41, 5.74) is 2.46. The number of amides is 1. The van der Waals surface area contributed by atoms with Gasteiger partial charge in [0.05, 0.1) is 33.3 Å². The van der Waals surface area contributed by atoms with Crippen LogP contribution in [-0.4, -0.2) is 56.7 Å². The molecule has 1 saturated carbocycles. The van der Waals surface area contributed by atoms with Crippen molar-refractivity contribution in [3.8, 4) is 5.75 Å². The van der Waals surface area contributed by atoms with Crippen LogP contribution < -0.4 is 14.5 Å². The van der Waals surface area contributed by atoms with Gasteiger partial charge in [-0.05, 0) is 42.7 Å². The molecular formula is C23H30N3O2+. The Hall–Kier alpha value is -2.53. The smallest absolute Gasteiger partial charge is 0.278 e. The van der Waals surface area contributed by atoms with Crippen molar-refractivity contribution in [1.29, 1.82) is 0 Å². The van der Waals surface area contributed by atoms with Crippen LogP contribution in [0.1, 0.15) is 18.4 Å². The van der Waals surface area contributed by atoms with Crippen molar-refractivity contribution in [3.05, 3.63) is 60.2 Å². The molecule has 0 unspecified atom stereocenters. The van der Waals surface area contributed by atoms with E-state index in [4.69, 9.17) is 4.74 Å². The predicted molar refractivity (Wildman–Crippen MR) is 111 cm³/mol. The Morgan fingerprint density at radius 3 is 2.36 bits per heavy atom. The monoisotopic (exact) mass is 380 g/mol. The van der Waals surface area contributed by atoms with Crippen LogP contribution in [0.5, 0.6) is 5.75 Å². The number of hydrogen-bond acceptors (Lipinski definition) is 3. The third-order valence-corrected chi connectivity index (χ3v) is 5.81. The molecule has 1 aliphatic carbocycles. The molecule has 1 heterocycles. The first-order valence-corrected chi connectivity index (χ1v) is 10.3. The minimum atomic E-state index is 0.293. The molecule has 4 rings (SSSR count). The first-order valence-electron chi connectivity index (χ1n) is 10.3. The van der Waals surface area contributed by atoms with Crippen LogP contribution in [0.25, 0.3) is 0 Å². The quantitative estimate of drug-likeness (QED) is 0.793. The molecule has 1 N–H and O–H groups in total. The minimum Gasteiger partial charge on any atom is -0.497 e. The molecule has 0 atom stereocenters. The number of benzene rings is 2. The van der Waals surface area contributed by atoms with Crippen LogP contribution in [0.2, 0.25) is 0 Å².